The first-order valence-electron chi connectivity index (χ1n) is 5.97. The molecular weight excluding hydrogens is 200 g/mol. The SMILES string of the molecule is C[C@@H](c1cnccn1)N(C)[C@@H]1CCCNC1. The van der Waals surface area contributed by atoms with Gasteiger partial charge in [0, 0.05) is 31.2 Å². The average Bonchev–Trinajstić information content (AvgIpc) is 2.39. The number of piperidine rings is 1. The lowest BCUT2D eigenvalue weighted by atomic mass is 10.0. The maximum Gasteiger partial charge on any atom is 0.0755 e. The molecule has 1 saturated heterocycles. The number of hydrogen-bond donors (Lipinski definition) is 1. The molecule has 0 aliphatic carbocycles. The second kappa shape index (κ2) is 5.37. The van der Waals surface area contributed by atoms with Gasteiger partial charge >= 0.3 is 0 Å². The highest BCUT2D eigenvalue weighted by Gasteiger charge is 2.23. The van der Waals surface area contributed by atoms with E-state index in [1.807, 2.05) is 6.20 Å². The van der Waals surface area contributed by atoms with Gasteiger partial charge < -0.3 is 5.32 Å². The first-order valence-corrected chi connectivity index (χ1v) is 5.97. The molecule has 0 amide bonds. The number of nitrogens with zero attached hydrogens (tertiary/aromatic N) is 3. The fourth-order valence-corrected chi connectivity index (χ4v) is 2.23. The summed E-state index contributed by atoms with van der Waals surface area (Å²) in [6.07, 6.45) is 7.88. The summed E-state index contributed by atoms with van der Waals surface area (Å²) in [5, 5.41) is 3.44. The minimum absolute atomic E-state index is 0.332. The molecule has 0 aromatic carbocycles. The zero-order chi connectivity index (χ0) is 11.4. The van der Waals surface area contributed by atoms with Crippen LogP contribution in [0.3, 0.4) is 0 Å². The minimum Gasteiger partial charge on any atom is -0.315 e. The minimum atomic E-state index is 0.332. The molecule has 16 heavy (non-hydrogen) atoms. The summed E-state index contributed by atoms with van der Waals surface area (Å²) in [5.74, 6) is 0. The number of likely N-dealkylation sites (N-methyl/N-ethyl adjacent to an activating group) is 1. The molecule has 1 aliphatic rings. The summed E-state index contributed by atoms with van der Waals surface area (Å²) in [7, 11) is 2.18. The lowest BCUT2D eigenvalue weighted by Gasteiger charge is -2.35. The average molecular weight is 220 g/mol. The van der Waals surface area contributed by atoms with Gasteiger partial charge in [-0.2, -0.15) is 0 Å². The summed E-state index contributed by atoms with van der Waals surface area (Å²) in [6, 6.07) is 0.948. The zero-order valence-corrected chi connectivity index (χ0v) is 10.1. The van der Waals surface area contributed by atoms with Crippen molar-refractivity contribution in [2.24, 2.45) is 0 Å². The Morgan fingerprint density at radius 2 is 2.38 bits per heavy atom. The number of aromatic nitrogens is 2. The van der Waals surface area contributed by atoms with Crippen LogP contribution in [0.2, 0.25) is 0 Å². The highest BCUT2D eigenvalue weighted by Crippen LogP contribution is 2.20. The van der Waals surface area contributed by atoms with E-state index in [1.54, 1.807) is 12.4 Å². The van der Waals surface area contributed by atoms with Gasteiger partial charge in [0.15, 0.2) is 0 Å². The van der Waals surface area contributed by atoms with Gasteiger partial charge in [-0.05, 0) is 33.4 Å². The van der Waals surface area contributed by atoms with Gasteiger partial charge in [-0.25, -0.2) is 0 Å². The number of rotatable bonds is 3. The molecule has 1 aromatic rings. The van der Waals surface area contributed by atoms with Crippen LogP contribution in [0.4, 0.5) is 0 Å². The summed E-state index contributed by atoms with van der Waals surface area (Å²) in [6.45, 7) is 4.43. The second-order valence-electron chi connectivity index (χ2n) is 4.47. The Kier molecular flexibility index (Phi) is 3.85. The van der Waals surface area contributed by atoms with E-state index in [-0.39, 0.29) is 0 Å². The summed E-state index contributed by atoms with van der Waals surface area (Å²) < 4.78 is 0. The van der Waals surface area contributed by atoms with Gasteiger partial charge in [0.1, 0.15) is 0 Å². The monoisotopic (exact) mass is 220 g/mol. The smallest absolute Gasteiger partial charge is 0.0755 e. The highest BCUT2D eigenvalue weighted by molar-refractivity contribution is 5.02. The predicted molar refractivity (Wildman–Crippen MR) is 64.1 cm³/mol. The molecule has 1 fully saturated rings. The molecule has 0 bridgehead atoms. The Morgan fingerprint density at radius 1 is 1.50 bits per heavy atom. The first kappa shape index (κ1) is 11.5. The van der Waals surface area contributed by atoms with Crippen LogP contribution >= 0.6 is 0 Å². The Hall–Kier alpha value is -1.00. The lowest BCUT2D eigenvalue weighted by Crippen LogP contribution is -2.45. The molecule has 2 heterocycles. The molecule has 2 atom stereocenters. The molecule has 88 valence electrons. The molecule has 1 aromatic heterocycles. The quantitative estimate of drug-likeness (QED) is 0.831. The van der Waals surface area contributed by atoms with Crippen LogP contribution in [0.5, 0.6) is 0 Å². The summed E-state index contributed by atoms with van der Waals surface area (Å²) in [5.41, 5.74) is 1.05. The summed E-state index contributed by atoms with van der Waals surface area (Å²) in [4.78, 5) is 10.9. The van der Waals surface area contributed by atoms with Crippen LogP contribution in [0.25, 0.3) is 0 Å². The van der Waals surface area contributed by atoms with Gasteiger partial charge in [0.2, 0.25) is 0 Å². The predicted octanol–water partition coefficient (Wildman–Crippen LogP) is 1.22. The third kappa shape index (κ3) is 2.57. The van der Waals surface area contributed by atoms with Crippen LogP contribution < -0.4 is 5.32 Å². The molecule has 0 spiro atoms. The van der Waals surface area contributed by atoms with Crippen LogP contribution in [0, 0.1) is 0 Å². The molecular formula is C12H20N4. The topological polar surface area (TPSA) is 41.1 Å². The van der Waals surface area contributed by atoms with Crippen LogP contribution in [-0.2, 0) is 0 Å². The Morgan fingerprint density at radius 3 is 3.00 bits per heavy atom. The van der Waals surface area contributed by atoms with Crippen molar-refractivity contribution < 1.29 is 0 Å². The third-order valence-electron chi connectivity index (χ3n) is 3.47. The molecule has 1 N–H and O–H groups in total. The van der Waals surface area contributed by atoms with Crippen LogP contribution in [0.15, 0.2) is 18.6 Å². The largest absolute Gasteiger partial charge is 0.315 e. The lowest BCUT2D eigenvalue weighted by molar-refractivity contribution is 0.153. The molecule has 2 rings (SSSR count). The van der Waals surface area contributed by atoms with E-state index in [1.165, 1.54) is 12.8 Å². The van der Waals surface area contributed by atoms with Crippen molar-refractivity contribution in [2.75, 3.05) is 20.1 Å². The normalized spacial score (nSPS) is 23.3. The van der Waals surface area contributed by atoms with Crippen molar-refractivity contribution in [1.82, 2.24) is 20.2 Å². The van der Waals surface area contributed by atoms with Gasteiger partial charge in [-0.15, -0.1) is 0 Å². The standard InChI is InChI=1S/C12H20N4/c1-10(12-9-14-6-7-15-12)16(2)11-4-3-5-13-8-11/h6-7,9-11,13H,3-5,8H2,1-2H3/t10-,11+/m0/s1. The fourth-order valence-electron chi connectivity index (χ4n) is 2.23. The van der Waals surface area contributed by atoms with Crippen LogP contribution in [-0.4, -0.2) is 41.0 Å². The van der Waals surface area contributed by atoms with E-state index in [4.69, 9.17) is 0 Å². The van der Waals surface area contributed by atoms with E-state index in [0.29, 0.717) is 12.1 Å². The van der Waals surface area contributed by atoms with Gasteiger partial charge in [0.05, 0.1) is 11.7 Å². The van der Waals surface area contributed by atoms with Crippen LogP contribution in [0.1, 0.15) is 31.5 Å². The second-order valence-corrected chi connectivity index (χ2v) is 4.47. The van der Waals surface area contributed by atoms with E-state index in [2.05, 4.69) is 34.2 Å². The first-order chi connectivity index (χ1) is 7.79. The Bertz CT molecular complexity index is 308. The van der Waals surface area contributed by atoms with E-state index in [9.17, 15) is 0 Å². The van der Waals surface area contributed by atoms with Gasteiger partial charge in [-0.1, -0.05) is 0 Å². The van der Waals surface area contributed by atoms with Crippen molar-refractivity contribution in [3.8, 4) is 0 Å². The molecule has 0 unspecified atom stereocenters. The molecule has 4 nitrogen and oxygen atoms in total. The highest BCUT2D eigenvalue weighted by atomic mass is 15.2. The number of nitrogens with one attached hydrogen (secondary N) is 1. The van der Waals surface area contributed by atoms with Gasteiger partial charge in [-0.3, -0.25) is 14.9 Å². The Labute approximate surface area is 97.1 Å². The maximum absolute atomic E-state index is 4.37. The van der Waals surface area contributed by atoms with Gasteiger partial charge in [0.25, 0.3) is 0 Å². The van der Waals surface area contributed by atoms with Crippen molar-refractivity contribution in [3.63, 3.8) is 0 Å². The van der Waals surface area contributed by atoms with Crippen molar-refractivity contribution in [3.05, 3.63) is 24.3 Å². The summed E-state index contributed by atoms with van der Waals surface area (Å²) >= 11 is 0. The van der Waals surface area contributed by atoms with E-state index in [0.717, 1.165) is 18.8 Å². The van der Waals surface area contributed by atoms with Crippen molar-refractivity contribution in [1.29, 1.82) is 0 Å². The van der Waals surface area contributed by atoms with E-state index < -0.39 is 0 Å². The third-order valence-corrected chi connectivity index (χ3v) is 3.47. The van der Waals surface area contributed by atoms with Crippen molar-refractivity contribution >= 4 is 0 Å². The molecule has 4 heteroatoms. The fraction of sp³-hybridized carbons (Fsp3) is 0.667. The van der Waals surface area contributed by atoms with Crippen molar-refractivity contribution in [2.45, 2.75) is 31.8 Å². The number of hydrogen-bond acceptors (Lipinski definition) is 4. The Balaban J connectivity index is 2.00. The zero-order valence-electron chi connectivity index (χ0n) is 10.1. The maximum atomic E-state index is 4.37. The molecule has 0 saturated carbocycles. The molecule has 0 radical (unpaired) electrons. The molecule has 1 aliphatic heterocycles. The van der Waals surface area contributed by atoms with E-state index >= 15 is 0 Å².